The molecule has 0 saturated carbocycles. The van der Waals surface area contributed by atoms with Crippen molar-refractivity contribution in [3.63, 3.8) is 0 Å². The molecule has 3 aromatic carbocycles. The van der Waals surface area contributed by atoms with Crippen LogP contribution in [0.15, 0.2) is 90.2 Å². The molecule has 0 fully saturated rings. The van der Waals surface area contributed by atoms with Crippen LogP contribution in [-0.4, -0.2) is 36.0 Å². The molecule has 1 unspecified atom stereocenters. The lowest BCUT2D eigenvalue weighted by Gasteiger charge is -2.24. The monoisotopic (exact) mass is 498 g/mol. The number of amides is 1. The van der Waals surface area contributed by atoms with Gasteiger partial charge in [0.05, 0.1) is 36.1 Å². The molecule has 0 spiro atoms. The maximum absolute atomic E-state index is 13.4. The lowest BCUT2D eigenvalue weighted by molar-refractivity contribution is -0.117. The summed E-state index contributed by atoms with van der Waals surface area (Å²) in [6, 6.07) is 20.9. The molecule has 5 rings (SSSR count). The third-order valence-electron chi connectivity index (χ3n) is 5.90. The second-order valence-electron chi connectivity index (χ2n) is 8.05. The van der Waals surface area contributed by atoms with Crippen LogP contribution in [0, 0.1) is 0 Å². The number of allylic oxidation sites excluding steroid dienone is 1. The number of benzene rings is 3. The number of ketones is 1. The Balaban J connectivity index is 1.61. The van der Waals surface area contributed by atoms with Crippen LogP contribution in [0.1, 0.15) is 17.2 Å². The Labute approximate surface area is 211 Å². The fourth-order valence-electron chi connectivity index (χ4n) is 4.13. The summed E-state index contributed by atoms with van der Waals surface area (Å²) >= 11 is 1.28. The van der Waals surface area contributed by atoms with Crippen molar-refractivity contribution in [2.24, 2.45) is 0 Å². The highest BCUT2D eigenvalue weighted by Gasteiger charge is 2.45. The van der Waals surface area contributed by atoms with Crippen molar-refractivity contribution in [1.82, 2.24) is 4.98 Å². The van der Waals surface area contributed by atoms with Crippen molar-refractivity contribution in [2.75, 3.05) is 19.1 Å². The number of ether oxygens (including phenoxy) is 2. The second-order valence-corrected chi connectivity index (χ2v) is 9.06. The van der Waals surface area contributed by atoms with E-state index in [-0.39, 0.29) is 5.57 Å². The van der Waals surface area contributed by atoms with E-state index in [0.717, 1.165) is 10.3 Å². The molecule has 36 heavy (non-hydrogen) atoms. The van der Waals surface area contributed by atoms with E-state index in [2.05, 4.69) is 4.98 Å². The van der Waals surface area contributed by atoms with Crippen molar-refractivity contribution < 1.29 is 24.2 Å². The Morgan fingerprint density at radius 3 is 2.50 bits per heavy atom. The summed E-state index contributed by atoms with van der Waals surface area (Å²) in [4.78, 5) is 32.8. The number of rotatable bonds is 7. The van der Waals surface area contributed by atoms with E-state index in [4.69, 9.17) is 9.47 Å². The molecule has 1 aliphatic rings. The summed E-state index contributed by atoms with van der Waals surface area (Å²) in [5.74, 6) is -0.528. The largest absolute Gasteiger partial charge is 0.503 e. The van der Waals surface area contributed by atoms with Gasteiger partial charge in [-0.3, -0.25) is 14.5 Å². The third kappa shape index (κ3) is 4.23. The van der Waals surface area contributed by atoms with Gasteiger partial charge in [0.1, 0.15) is 11.5 Å². The first-order chi connectivity index (χ1) is 17.5. The highest BCUT2D eigenvalue weighted by Crippen LogP contribution is 2.44. The zero-order chi connectivity index (χ0) is 25.2. The summed E-state index contributed by atoms with van der Waals surface area (Å²) in [7, 11) is 3.12. The van der Waals surface area contributed by atoms with E-state index in [1.54, 1.807) is 56.7 Å². The number of hydrogen-bond donors (Lipinski definition) is 1. The summed E-state index contributed by atoms with van der Waals surface area (Å²) < 4.78 is 11.5. The van der Waals surface area contributed by atoms with Crippen molar-refractivity contribution >= 4 is 44.5 Å². The first-order valence-corrected chi connectivity index (χ1v) is 11.9. The highest BCUT2D eigenvalue weighted by atomic mass is 32.1. The maximum atomic E-state index is 13.4. The maximum Gasteiger partial charge on any atom is 0.296 e. The number of aliphatic hydroxyl groups is 1. The molecule has 1 N–H and O–H groups in total. The zero-order valence-corrected chi connectivity index (χ0v) is 20.4. The normalized spacial score (nSPS) is 15.8. The van der Waals surface area contributed by atoms with Gasteiger partial charge in [0.25, 0.3) is 5.91 Å². The molecule has 0 radical (unpaired) electrons. The number of anilines is 1. The fraction of sp³-hybridized carbons (Fsp3) is 0.107. The Kier molecular flexibility index (Phi) is 6.26. The van der Waals surface area contributed by atoms with Gasteiger partial charge in [0.2, 0.25) is 0 Å². The molecular formula is C28H22N2O5S. The van der Waals surface area contributed by atoms with Crippen LogP contribution in [0.2, 0.25) is 0 Å². The van der Waals surface area contributed by atoms with E-state index < -0.39 is 23.5 Å². The minimum Gasteiger partial charge on any atom is -0.503 e. The van der Waals surface area contributed by atoms with E-state index in [1.165, 1.54) is 22.3 Å². The fourth-order valence-corrected chi connectivity index (χ4v) is 5.15. The summed E-state index contributed by atoms with van der Waals surface area (Å²) in [5, 5.41) is 11.3. The minimum absolute atomic E-state index is 0.0164. The lowest BCUT2D eigenvalue weighted by Crippen LogP contribution is -2.30. The molecule has 1 aliphatic heterocycles. The van der Waals surface area contributed by atoms with Gasteiger partial charge in [-0.2, -0.15) is 0 Å². The number of carbonyl (C=O) groups is 2. The predicted octanol–water partition coefficient (Wildman–Crippen LogP) is 5.50. The number of aromatic nitrogens is 1. The van der Waals surface area contributed by atoms with Crippen LogP contribution in [0.25, 0.3) is 16.3 Å². The van der Waals surface area contributed by atoms with Crippen molar-refractivity contribution in [3.05, 3.63) is 101 Å². The first-order valence-electron chi connectivity index (χ1n) is 11.1. The predicted molar refractivity (Wildman–Crippen MR) is 140 cm³/mol. The van der Waals surface area contributed by atoms with Crippen molar-refractivity contribution in [1.29, 1.82) is 0 Å². The van der Waals surface area contributed by atoms with Gasteiger partial charge in [0, 0.05) is 0 Å². The quantitative estimate of drug-likeness (QED) is 0.339. The number of carbonyl (C=O) groups excluding carboxylic acids is 2. The van der Waals surface area contributed by atoms with E-state index in [0.29, 0.717) is 27.7 Å². The SMILES string of the molecule is COc1cccc(C2C(C(=O)/C=C/c3ccccc3)=C(O)C(=O)N2c2nc3ccc(OC)cc3s2)c1. The Bertz CT molecular complexity index is 1520. The van der Waals surface area contributed by atoms with E-state index in [9.17, 15) is 14.7 Å². The lowest BCUT2D eigenvalue weighted by atomic mass is 9.95. The molecule has 1 amide bonds. The van der Waals surface area contributed by atoms with Crippen LogP contribution in [0.4, 0.5) is 5.13 Å². The molecule has 1 atom stereocenters. The number of hydrogen-bond acceptors (Lipinski definition) is 7. The van der Waals surface area contributed by atoms with Gasteiger partial charge in [-0.1, -0.05) is 59.9 Å². The molecule has 2 heterocycles. The molecule has 8 heteroatoms. The smallest absolute Gasteiger partial charge is 0.296 e. The Hall–Kier alpha value is -4.43. The molecule has 7 nitrogen and oxygen atoms in total. The van der Waals surface area contributed by atoms with Gasteiger partial charge in [-0.15, -0.1) is 0 Å². The van der Waals surface area contributed by atoms with Gasteiger partial charge in [-0.25, -0.2) is 4.98 Å². The van der Waals surface area contributed by atoms with Gasteiger partial charge < -0.3 is 14.6 Å². The molecule has 0 saturated heterocycles. The highest BCUT2D eigenvalue weighted by molar-refractivity contribution is 7.22. The Morgan fingerprint density at radius 2 is 1.75 bits per heavy atom. The van der Waals surface area contributed by atoms with E-state index >= 15 is 0 Å². The number of fused-ring (bicyclic) bond motifs is 1. The molecule has 0 aliphatic carbocycles. The standard InChI is InChI=1S/C28H22N2O5S/c1-34-19-10-6-9-18(15-19)25-24(22(31)14-11-17-7-4-3-5-8-17)26(32)27(33)30(25)28-29-21-13-12-20(35-2)16-23(21)36-28/h3-16,25,32H,1-2H3/b14-11+. The zero-order valence-electron chi connectivity index (χ0n) is 19.5. The molecule has 4 aromatic rings. The summed E-state index contributed by atoms with van der Waals surface area (Å²) in [6.07, 6.45) is 3.02. The molecular weight excluding hydrogens is 476 g/mol. The van der Waals surface area contributed by atoms with Crippen LogP contribution in [-0.2, 0) is 9.59 Å². The molecule has 180 valence electrons. The Morgan fingerprint density at radius 1 is 1.00 bits per heavy atom. The number of methoxy groups -OCH3 is 2. The summed E-state index contributed by atoms with van der Waals surface area (Å²) in [5.41, 5.74) is 2.10. The average Bonchev–Trinajstić information content (AvgIpc) is 3.45. The van der Waals surface area contributed by atoms with Gasteiger partial charge >= 0.3 is 0 Å². The number of thiazole rings is 1. The topological polar surface area (TPSA) is 89.0 Å². The van der Waals surface area contributed by atoms with Gasteiger partial charge in [0.15, 0.2) is 16.7 Å². The average molecular weight is 499 g/mol. The summed E-state index contributed by atoms with van der Waals surface area (Å²) in [6.45, 7) is 0. The number of nitrogens with zero attached hydrogens (tertiary/aromatic N) is 2. The molecule has 1 aromatic heterocycles. The number of aliphatic hydroxyl groups excluding tert-OH is 1. The van der Waals surface area contributed by atoms with Crippen molar-refractivity contribution in [2.45, 2.75) is 6.04 Å². The second kappa shape index (κ2) is 9.67. The van der Waals surface area contributed by atoms with E-state index in [1.807, 2.05) is 36.4 Å². The van der Waals surface area contributed by atoms with Crippen LogP contribution < -0.4 is 14.4 Å². The third-order valence-corrected chi connectivity index (χ3v) is 6.92. The minimum atomic E-state index is -0.886. The first kappa shape index (κ1) is 23.3. The molecule has 0 bridgehead atoms. The van der Waals surface area contributed by atoms with Crippen LogP contribution >= 0.6 is 11.3 Å². The van der Waals surface area contributed by atoms with Gasteiger partial charge in [-0.05, 0) is 47.5 Å². The van der Waals surface area contributed by atoms with Crippen molar-refractivity contribution in [3.8, 4) is 11.5 Å². The van der Waals surface area contributed by atoms with Crippen LogP contribution in [0.3, 0.4) is 0 Å². The van der Waals surface area contributed by atoms with Crippen LogP contribution in [0.5, 0.6) is 11.5 Å².